The van der Waals surface area contributed by atoms with Gasteiger partial charge in [-0.25, -0.2) is 9.18 Å². The molecule has 112 valence electrons. The van der Waals surface area contributed by atoms with E-state index in [1.54, 1.807) is 20.8 Å². The summed E-state index contributed by atoms with van der Waals surface area (Å²) in [6, 6.07) is 0. The summed E-state index contributed by atoms with van der Waals surface area (Å²) in [5, 5.41) is 0. The third-order valence-corrected chi connectivity index (χ3v) is 3.72. The smallest absolute Gasteiger partial charge is 0.410 e. The van der Waals surface area contributed by atoms with Crippen molar-refractivity contribution in [3.05, 3.63) is 0 Å². The van der Waals surface area contributed by atoms with Gasteiger partial charge in [0.1, 0.15) is 17.9 Å². The summed E-state index contributed by atoms with van der Waals surface area (Å²) in [5.41, 5.74) is -0.683. The zero-order valence-electron chi connectivity index (χ0n) is 11.6. The second-order valence-electron chi connectivity index (χ2n) is 5.38. The van der Waals surface area contributed by atoms with Crippen LogP contribution in [0.3, 0.4) is 0 Å². The standard InChI is InChI=1S/C11H20FNO5S/c1-5-19(15,16)18-9-7-13(6-8(9)12)10(14)17-11(2,3)4/h8-9H,5-7H2,1-4H3/t8-,9-/m0/s1. The van der Waals surface area contributed by atoms with Crippen molar-refractivity contribution in [2.24, 2.45) is 0 Å². The van der Waals surface area contributed by atoms with Crippen LogP contribution in [0.4, 0.5) is 9.18 Å². The number of alkyl halides is 1. The van der Waals surface area contributed by atoms with Crippen molar-refractivity contribution in [3.8, 4) is 0 Å². The molecule has 0 aliphatic carbocycles. The zero-order valence-corrected chi connectivity index (χ0v) is 12.4. The van der Waals surface area contributed by atoms with Crippen LogP contribution in [0.25, 0.3) is 0 Å². The van der Waals surface area contributed by atoms with Gasteiger partial charge in [-0.1, -0.05) is 0 Å². The van der Waals surface area contributed by atoms with Crippen LogP contribution in [0.5, 0.6) is 0 Å². The van der Waals surface area contributed by atoms with E-state index in [0.717, 1.165) is 4.90 Å². The first-order valence-corrected chi connectivity index (χ1v) is 7.65. The summed E-state index contributed by atoms with van der Waals surface area (Å²) < 4.78 is 46.0. The van der Waals surface area contributed by atoms with E-state index in [2.05, 4.69) is 0 Å². The fourth-order valence-electron chi connectivity index (χ4n) is 1.56. The van der Waals surface area contributed by atoms with Gasteiger partial charge in [-0.15, -0.1) is 0 Å². The maximum Gasteiger partial charge on any atom is 0.410 e. The van der Waals surface area contributed by atoms with Gasteiger partial charge < -0.3 is 9.64 Å². The van der Waals surface area contributed by atoms with Crippen molar-refractivity contribution >= 4 is 16.2 Å². The number of hydrogen-bond donors (Lipinski definition) is 0. The molecule has 1 saturated heterocycles. The minimum atomic E-state index is -3.74. The molecule has 0 radical (unpaired) electrons. The second-order valence-corrected chi connectivity index (χ2v) is 7.27. The largest absolute Gasteiger partial charge is 0.444 e. The maximum absolute atomic E-state index is 13.7. The number of rotatable bonds is 3. The molecule has 2 atom stereocenters. The molecule has 0 unspecified atom stereocenters. The molecule has 0 aromatic rings. The normalized spacial score (nSPS) is 24.6. The van der Waals surface area contributed by atoms with Crippen LogP contribution >= 0.6 is 0 Å². The average Bonchev–Trinajstić information content (AvgIpc) is 2.57. The lowest BCUT2D eigenvalue weighted by Crippen LogP contribution is -2.36. The average molecular weight is 297 g/mol. The van der Waals surface area contributed by atoms with Crippen LogP contribution in [0.1, 0.15) is 27.7 Å². The van der Waals surface area contributed by atoms with E-state index < -0.39 is 34.1 Å². The van der Waals surface area contributed by atoms with Gasteiger partial charge in [0.05, 0.1) is 18.8 Å². The number of amides is 1. The number of likely N-dealkylation sites (tertiary alicyclic amines) is 1. The minimum absolute atomic E-state index is 0.130. The van der Waals surface area contributed by atoms with Crippen molar-refractivity contribution in [3.63, 3.8) is 0 Å². The van der Waals surface area contributed by atoms with Crippen molar-refractivity contribution in [2.45, 2.75) is 45.6 Å². The molecule has 0 aromatic carbocycles. The van der Waals surface area contributed by atoms with Gasteiger partial charge in [-0.05, 0) is 27.7 Å². The van der Waals surface area contributed by atoms with E-state index in [4.69, 9.17) is 8.92 Å². The fourth-order valence-corrected chi connectivity index (χ4v) is 2.25. The highest BCUT2D eigenvalue weighted by Crippen LogP contribution is 2.21. The van der Waals surface area contributed by atoms with Gasteiger partial charge in [-0.2, -0.15) is 8.42 Å². The SMILES string of the molecule is CCS(=O)(=O)O[C@H]1CN(C(=O)OC(C)(C)C)C[C@@H]1F. The van der Waals surface area contributed by atoms with Crippen LogP contribution in [0.2, 0.25) is 0 Å². The first-order chi connectivity index (χ1) is 8.54. The number of nitrogens with zero attached hydrogens (tertiary/aromatic N) is 1. The Morgan fingerprint density at radius 2 is 1.95 bits per heavy atom. The van der Waals surface area contributed by atoms with E-state index in [9.17, 15) is 17.6 Å². The molecule has 0 aromatic heterocycles. The molecule has 8 heteroatoms. The molecule has 1 amide bonds. The Morgan fingerprint density at radius 1 is 1.37 bits per heavy atom. The molecule has 0 bridgehead atoms. The first kappa shape index (κ1) is 16.2. The second kappa shape index (κ2) is 5.62. The summed E-state index contributed by atoms with van der Waals surface area (Å²) in [6.07, 6.45) is -3.36. The number of carbonyl (C=O) groups excluding carboxylic acids is 1. The zero-order chi connectivity index (χ0) is 14.8. The van der Waals surface area contributed by atoms with Crippen molar-refractivity contribution < 1.29 is 26.5 Å². The Kier molecular flexibility index (Phi) is 4.78. The Labute approximate surface area is 113 Å². The lowest BCUT2D eigenvalue weighted by atomic mass is 10.2. The molecule has 0 spiro atoms. The van der Waals surface area contributed by atoms with Gasteiger partial charge in [0, 0.05) is 0 Å². The Bertz CT molecular complexity index is 431. The van der Waals surface area contributed by atoms with Crippen LogP contribution < -0.4 is 0 Å². The van der Waals surface area contributed by atoms with E-state index in [1.807, 2.05) is 0 Å². The Morgan fingerprint density at radius 3 is 2.42 bits per heavy atom. The summed E-state index contributed by atoms with van der Waals surface area (Å²) in [6.45, 7) is 6.15. The predicted octanol–water partition coefficient (Wildman–Crippen LogP) is 1.31. The van der Waals surface area contributed by atoms with Crippen LogP contribution in [-0.2, 0) is 19.0 Å². The number of carbonyl (C=O) groups is 1. The van der Waals surface area contributed by atoms with E-state index >= 15 is 0 Å². The summed E-state index contributed by atoms with van der Waals surface area (Å²) in [5.74, 6) is -0.233. The van der Waals surface area contributed by atoms with E-state index in [1.165, 1.54) is 6.92 Å². The van der Waals surface area contributed by atoms with Crippen LogP contribution in [0.15, 0.2) is 0 Å². The van der Waals surface area contributed by atoms with Crippen molar-refractivity contribution in [1.82, 2.24) is 4.90 Å². The highest BCUT2D eigenvalue weighted by atomic mass is 32.2. The molecule has 1 aliphatic rings. The number of hydrogen-bond acceptors (Lipinski definition) is 5. The van der Waals surface area contributed by atoms with E-state index in [-0.39, 0.29) is 18.8 Å². The lowest BCUT2D eigenvalue weighted by Gasteiger charge is -2.24. The van der Waals surface area contributed by atoms with Gasteiger partial charge in [-0.3, -0.25) is 4.18 Å². The minimum Gasteiger partial charge on any atom is -0.444 e. The van der Waals surface area contributed by atoms with Crippen molar-refractivity contribution in [2.75, 3.05) is 18.8 Å². The summed E-state index contributed by atoms with van der Waals surface area (Å²) in [7, 11) is -3.74. The highest BCUT2D eigenvalue weighted by molar-refractivity contribution is 7.86. The molecular weight excluding hydrogens is 277 g/mol. The first-order valence-electron chi connectivity index (χ1n) is 6.07. The van der Waals surface area contributed by atoms with Crippen molar-refractivity contribution in [1.29, 1.82) is 0 Å². The molecule has 1 fully saturated rings. The number of ether oxygens (including phenoxy) is 1. The lowest BCUT2D eigenvalue weighted by molar-refractivity contribution is 0.0274. The highest BCUT2D eigenvalue weighted by Gasteiger charge is 2.40. The van der Waals surface area contributed by atoms with Crippen LogP contribution in [-0.4, -0.2) is 56.1 Å². The van der Waals surface area contributed by atoms with Gasteiger partial charge in [0.25, 0.3) is 10.1 Å². The third-order valence-electron chi connectivity index (χ3n) is 2.47. The molecule has 0 saturated carbocycles. The Balaban J connectivity index is 2.62. The molecular formula is C11H20FNO5S. The molecule has 1 aliphatic heterocycles. The maximum atomic E-state index is 13.7. The number of halogens is 1. The molecule has 0 N–H and O–H groups in total. The Hall–Kier alpha value is -0.890. The van der Waals surface area contributed by atoms with Gasteiger partial charge in [0.2, 0.25) is 0 Å². The molecule has 19 heavy (non-hydrogen) atoms. The van der Waals surface area contributed by atoms with Crippen LogP contribution in [0, 0.1) is 0 Å². The summed E-state index contributed by atoms with van der Waals surface area (Å²) >= 11 is 0. The third kappa shape index (κ3) is 4.94. The van der Waals surface area contributed by atoms with E-state index in [0.29, 0.717) is 0 Å². The molecule has 6 nitrogen and oxygen atoms in total. The quantitative estimate of drug-likeness (QED) is 0.734. The predicted molar refractivity (Wildman–Crippen MR) is 67.0 cm³/mol. The molecule has 1 heterocycles. The fraction of sp³-hybridized carbons (Fsp3) is 0.909. The topological polar surface area (TPSA) is 72.9 Å². The van der Waals surface area contributed by atoms with Gasteiger partial charge in [0.15, 0.2) is 0 Å². The summed E-state index contributed by atoms with van der Waals surface area (Å²) in [4.78, 5) is 12.8. The monoisotopic (exact) mass is 297 g/mol. The molecule has 1 rings (SSSR count). The van der Waals surface area contributed by atoms with Gasteiger partial charge >= 0.3 is 6.09 Å².